The standard InChI is InChI=1S/C10H13N3O2S2/c1-2-9-11-12-10(16-9)13-17(14,15)8-6-4-3-5-7-8/h3-7,9,11H,2H2,1H3,(H,12,13). The topological polar surface area (TPSA) is 70.6 Å². The summed E-state index contributed by atoms with van der Waals surface area (Å²) in [5.74, 6) is 0. The van der Waals surface area contributed by atoms with Gasteiger partial charge in [0.05, 0.1) is 10.3 Å². The van der Waals surface area contributed by atoms with E-state index in [2.05, 4.69) is 15.2 Å². The first-order valence-corrected chi connectivity index (χ1v) is 7.52. The molecule has 2 rings (SSSR count). The molecule has 7 heteroatoms. The lowest BCUT2D eigenvalue weighted by molar-refractivity contribution is 0.596. The van der Waals surface area contributed by atoms with Gasteiger partial charge in [-0.15, -0.1) is 4.40 Å². The van der Waals surface area contributed by atoms with Gasteiger partial charge < -0.3 is 0 Å². The van der Waals surface area contributed by atoms with Gasteiger partial charge in [0.15, 0.2) is 5.17 Å². The normalized spacial score (nSPS) is 22.6. The first-order valence-electron chi connectivity index (χ1n) is 5.20. The van der Waals surface area contributed by atoms with Crippen LogP contribution in [0, 0.1) is 0 Å². The van der Waals surface area contributed by atoms with Crippen LogP contribution < -0.4 is 10.9 Å². The van der Waals surface area contributed by atoms with Gasteiger partial charge in [0.25, 0.3) is 10.0 Å². The number of amidine groups is 1. The minimum absolute atomic E-state index is 0.166. The first kappa shape index (κ1) is 12.4. The van der Waals surface area contributed by atoms with Gasteiger partial charge in [-0.25, -0.2) is 5.43 Å². The summed E-state index contributed by atoms with van der Waals surface area (Å²) in [7, 11) is -3.61. The molecule has 0 bridgehead atoms. The average molecular weight is 271 g/mol. The molecule has 0 spiro atoms. The Morgan fingerprint density at radius 2 is 2.06 bits per heavy atom. The molecule has 1 saturated heterocycles. The first-order chi connectivity index (χ1) is 8.12. The van der Waals surface area contributed by atoms with Crippen molar-refractivity contribution in [3.63, 3.8) is 0 Å². The predicted octanol–water partition coefficient (Wildman–Crippen LogP) is 1.31. The van der Waals surface area contributed by atoms with Gasteiger partial charge in [-0.2, -0.15) is 8.42 Å². The van der Waals surface area contributed by atoms with Crippen LogP contribution in [-0.2, 0) is 10.0 Å². The van der Waals surface area contributed by atoms with Gasteiger partial charge in [0.2, 0.25) is 0 Å². The second kappa shape index (κ2) is 5.07. The second-order valence-corrected chi connectivity index (χ2v) is 6.26. The SMILES string of the molecule is CCC1NNC(=NS(=O)(=O)c2ccccc2)S1. The Kier molecular flexibility index (Phi) is 3.70. The summed E-state index contributed by atoms with van der Waals surface area (Å²) >= 11 is 1.38. The Morgan fingerprint density at radius 1 is 1.35 bits per heavy atom. The van der Waals surface area contributed by atoms with E-state index in [4.69, 9.17) is 0 Å². The van der Waals surface area contributed by atoms with Crippen molar-refractivity contribution in [1.29, 1.82) is 0 Å². The predicted molar refractivity (Wildman–Crippen MR) is 69.0 cm³/mol. The highest BCUT2D eigenvalue weighted by molar-refractivity contribution is 8.15. The molecule has 0 amide bonds. The van der Waals surface area contributed by atoms with Crippen LogP contribution in [0.2, 0.25) is 0 Å². The van der Waals surface area contributed by atoms with Crippen LogP contribution in [0.25, 0.3) is 0 Å². The highest BCUT2D eigenvalue weighted by atomic mass is 32.2. The fraction of sp³-hybridized carbons (Fsp3) is 0.300. The highest BCUT2D eigenvalue weighted by Crippen LogP contribution is 2.20. The molecule has 0 aromatic heterocycles. The number of rotatable bonds is 3. The van der Waals surface area contributed by atoms with Gasteiger partial charge in [0.1, 0.15) is 0 Å². The zero-order valence-corrected chi connectivity index (χ0v) is 10.9. The lowest BCUT2D eigenvalue weighted by Crippen LogP contribution is -2.31. The molecule has 0 aliphatic carbocycles. The molecule has 1 aliphatic heterocycles. The summed E-state index contributed by atoms with van der Waals surface area (Å²) in [5, 5.41) is 0.556. The van der Waals surface area contributed by atoms with Crippen molar-refractivity contribution in [2.24, 2.45) is 4.40 Å². The van der Waals surface area contributed by atoms with E-state index < -0.39 is 10.0 Å². The van der Waals surface area contributed by atoms with Crippen molar-refractivity contribution in [1.82, 2.24) is 10.9 Å². The minimum atomic E-state index is -3.61. The lowest BCUT2D eigenvalue weighted by atomic mass is 10.4. The molecule has 1 aliphatic rings. The molecular weight excluding hydrogens is 258 g/mol. The van der Waals surface area contributed by atoms with E-state index in [-0.39, 0.29) is 10.3 Å². The third kappa shape index (κ3) is 2.99. The molecule has 5 nitrogen and oxygen atoms in total. The molecule has 0 saturated carbocycles. The van der Waals surface area contributed by atoms with Gasteiger partial charge >= 0.3 is 0 Å². The van der Waals surface area contributed by atoms with Gasteiger partial charge in [-0.3, -0.25) is 5.43 Å². The number of hydrogen-bond acceptors (Lipinski definition) is 4. The maximum atomic E-state index is 11.9. The van der Waals surface area contributed by atoms with Gasteiger partial charge in [0, 0.05) is 0 Å². The molecular formula is C10H13N3O2S2. The van der Waals surface area contributed by atoms with Crippen molar-refractivity contribution in [2.75, 3.05) is 0 Å². The molecule has 1 aromatic rings. The summed E-state index contributed by atoms with van der Waals surface area (Å²) in [4.78, 5) is 0.204. The zero-order chi connectivity index (χ0) is 12.3. The summed E-state index contributed by atoms with van der Waals surface area (Å²) < 4.78 is 27.6. The fourth-order valence-electron chi connectivity index (χ4n) is 1.32. The summed E-state index contributed by atoms with van der Waals surface area (Å²) in [6.45, 7) is 2.01. The Bertz CT molecular complexity index is 514. The van der Waals surface area contributed by atoms with E-state index in [0.717, 1.165) is 6.42 Å². The van der Waals surface area contributed by atoms with Crippen molar-refractivity contribution in [3.05, 3.63) is 30.3 Å². The molecule has 1 heterocycles. The van der Waals surface area contributed by atoms with Crippen LogP contribution in [0.4, 0.5) is 0 Å². The van der Waals surface area contributed by atoms with E-state index in [1.807, 2.05) is 6.92 Å². The number of nitrogens with zero attached hydrogens (tertiary/aromatic N) is 1. The van der Waals surface area contributed by atoms with Crippen molar-refractivity contribution in [2.45, 2.75) is 23.6 Å². The third-order valence-electron chi connectivity index (χ3n) is 2.21. The third-order valence-corrected chi connectivity index (χ3v) is 4.77. The summed E-state index contributed by atoms with van der Waals surface area (Å²) in [5.41, 5.74) is 5.72. The largest absolute Gasteiger partial charge is 0.299 e. The Labute approximate surface area is 105 Å². The highest BCUT2D eigenvalue weighted by Gasteiger charge is 2.22. The number of thioether (sulfide) groups is 1. The van der Waals surface area contributed by atoms with Crippen LogP contribution in [0.3, 0.4) is 0 Å². The smallest absolute Gasteiger partial charge is 0.284 e. The quantitative estimate of drug-likeness (QED) is 0.867. The maximum absolute atomic E-state index is 11.9. The summed E-state index contributed by atoms with van der Waals surface area (Å²) in [6, 6.07) is 8.18. The summed E-state index contributed by atoms with van der Waals surface area (Å²) in [6.07, 6.45) is 0.891. The molecule has 17 heavy (non-hydrogen) atoms. The van der Waals surface area contributed by atoms with Crippen LogP contribution >= 0.6 is 11.8 Å². The van der Waals surface area contributed by atoms with Crippen LogP contribution in [-0.4, -0.2) is 19.0 Å². The molecule has 2 N–H and O–H groups in total. The van der Waals surface area contributed by atoms with Crippen molar-refractivity contribution < 1.29 is 8.42 Å². The molecule has 1 aromatic carbocycles. The molecule has 0 radical (unpaired) electrons. The van der Waals surface area contributed by atoms with Crippen LogP contribution in [0.15, 0.2) is 39.6 Å². The number of hydrogen-bond donors (Lipinski definition) is 2. The second-order valence-electron chi connectivity index (χ2n) is 3.47. The van der Waals surface area contributed by atoms with Crippen LogP contribution in [0.5, 0.6) is 0 Å². The molecule has 1 unspecified atom stereocenters. The lowest BCUT2D eigenvalue weighted by Gasteiger charge is -1.99. The number of nitrogens with one attached hydrogen (secondary N) is 2. The molecule has 1 atom stereocenters. The average Bonchev–Trinajstić information content (AvgIpc) is 2.77. The van der Waals surface area contributed by atoms with E-state index in [1.165, 1.54) is 23.9 Å². The number of sulfonamides is 1. The van der Waals surface area contributed by atoms with Crippen molar-refractivity contribution >= 4 is 27.0 Å². The number of benzene rings is 1. The molecule has 1 fully saturated rings. The van der Waals surface area contributed by atoms with E-state index in [0.29, 0.717) is 5.17 Å². The fourth-order valence-corrected chi connectivity index (χ4v) is 3.33. The Balaban J connectivity index is 2.22. The van der Waals surface area contributed by atoms with E-state index in [9.17, 15) is 8.42 Å². The maximum Gasteiger partial charge on any atom is 0.284 e. The van der Waals surface area contributed by atoms with Crippen LogP contribution in [0.1, 0.15) is 13.3 Å². The minimum Gasteiger partial charge on any atom is -0.299 e. The monoisotopic (exact) mass is 271 g/mol. The molecule has 92 valence electrons. The van der Waals surface area contributed by atoms with Crippen molar-refractivity contribution in [3.8, 4) is 0 Å². The van der Waals surface area contributed by atoms with Gasteiger partial charge in [-0.1, -0.05) is 36.9 Å². The van der Waals surface area contributed by atoms with Gasteiger partial charge in [-0.05, 0) is 18.6 Å². The Morgan fingerprint density at radius 3 is 2.65 bits per heavy atom. The Hall–Kier alpha value is -1.05. The number of hydrazine groups is 1. The van der Waals surface area contributed by atoms with E-state index >= 15 is 0 Å². The zero-order valence-electron chi connectivity index (χ0n) is 9.25. The van der Waals surface area contributed by atoms with E-state index in [1.54, 1.807) is 18.2 Å².